The fourth-order valence-corrected chi connectivity index (χ4v) is 17.6. The predicted octanol–water partition coefficient (Wildman–Crippen LogP) is 15.0. The molecule has 17 rings (SSSR count). The van der Waals surface area contributed by atoms with E-state index in [2.05, 4.69) is 31.4 Å². The van der Waals surface area contributed by atoms with Gasteiger partial charge >= 0.3 is 17.9 Å². The summed E-state index contributed by atoms with van der Waals surface area (Å²) in [6.45, 7) is 5.74. The third-order valence-corrected chi connectivity index (χ3v) is 26.4. The number of nitrogens with zero attached hydrogens (tertiary/aromatic N) is 3. The molecule has 0 saturated heterocycles. The minimum atomic E-state index is -4.13. The summed E-state index contributed by atoms with van der Waals surface area (Å²) in [5.41, 5.74) is 5.14. The first kappa shape index (κ1) is 105. The topological polar surface area (TPSA) is 459 Å². The van der Waals surface area contributed by atoms with Gasteiger partial charge in [0.1, 0.15) is 17.2 Å². The Morgan fingerprint density at radius 2 is 0.648 bits per heavy atom. The Morgan fingerprint density at radius 1 is 0.366 bits per heavy atom. The van der Waals surface area contributed by atoms with Crippen molar-refractivity contribution in [3.63, 3.8) is 0 Å². The molecule has 0 atom stereocenters. The molecule has 7 N–H and O–H groups in total. The van der Waals surface area contributed by atoms with Crippen molar-refractivity contribution in [3.05, 3.63) is 393 Å². The highest BCUT2D eigenvalue weighted by atomic mass is 35.5. The Morgan fingerprint density at radius 3 is 0.937 bits per heavy atom. The lowest BCUT2D eigenvalue weighted by Crippen LogP contribution is -2.31. The lowest BCUT2D eigenvalue weighted by atomic mass is 9.82. The summed E-state index contributed by atoms with van der Waals surface area (Å²) in [6, 6.07) is 91.7. The number of hydrogen-bond donors (Lipinski definition) is 7. The molecule has 2 fully saturated rings. The van der Waals surface area contributed by atoms with E-state index in [1.54, 1.807) is 43.3 Å². The van der Waals surface area contributed by atoms with E-state index in [4.69, 9.17) is 54.9 Å². The van der Waals surface area contributed by atoms with Gasteiger partial charge in [0, 0.05) is 73.2 Å². The van der Waals surface area contributed by atoms with Gasteiger partial charge in [-0.3, -0.25) is 28.8 Å². The third-order valence-electron chi connectivity index (χ3n) is 22.1. The number of hydrogen-bond acceptors (Lipinski definition) is 26. The number of sulfonamides is 3. The van der Waals surface area contributed by atoms with Crippen LogP contribution in [0.2, 0.25) is 5.02 Å². The molecule has 2 saturated carbocycles. The van der Waals surface area contributed by atoms with E-state index in [1.807, 2.05) is 210 Å². The molecule has 5 aliphatic rings. The molecule has 12 aromatic carbocycles. The van der Waals surface area contributed by atoms with Crippen LogP contribution in [0.4, 0.5) is 0 Å². The fraction of sp³-hybridized carbons (Fsp3) is 0.200. The van der Waals surface area contributed by atoms with Crippen LogP contribution in [0.25, 0.3) is 0 Å². The van der Waals surface area contributed by atoms with Crippen LogP contribution < -0.4 is 44.3 Å². The lowest BCUT2D eigenvalue weighted by molar-refractivity contribution is -0.135. The van der Waals surface area contributed by atoms with Crippen molar-refractivity contribution < 1.29 is 112 Å². The molecule has 0 aromatic heterocycles. The van der Waals surface area contributed by atoms with Gasteiger partial charge in [0.05, 0.1) is 85.7 Å². The number of para-hydroxylation sites is 2. The normalized spacial score (nSPS) is 14.2. The summed E-state index contributed by atoms with van der Waals surface area (Å²) >= 11 is 5.87. The molecule has 33 nitrogen and oxygen atoms in total. The number of rotatable bonds is 28. The van der Waals surface area contributed by atoms with Gasteiger partial charge in [-0.2, -0.15) is 0 Å². The number of ether oxygens (including phenoxy) is 5. The summed E-state index contributed by atoms with van der Waals surface area (Å²) < 4.78 is 106. The molecule has 734 valence electrons. The van der Waals surface area contributed by atoms with Gasteiger partial charge in [-0.1, -0.05) is 233 Å². The highest BCUT2D eigenvalue weighted by Crippen LogP contribution is 2.45. The van der Waals surface area contributed by atoms with E-state index in [9.17, 15) is 68.4 Å². The van der Waals surface area contributed by atoms with Crippen molar-refractivity contribution in [2.75, 3.05) is 35.0 Å². The Labute approximate surface area is 825 Å². The zero-order valence-corrected chi connectivity index (χ0v) is 81.0. The number of halogens is 1. The standard InChI is InChI=1S/C18H17ClN2O5S.C18H18N2O5S.C18H20N2O5S.C18H17NO3.C17H15NO3.C16H13NO3/c1-26-16-9-4-12(19)10-15(16)18(23)21-27(24,25)14-7-2-11(3-8-14)17(22)20-13-5-6-13;1-25-16-5-3-2-4-15(16)18(22)20-26(23,24)14-10-6-12(7-11-14)17(21)19-13-8-9-13;1-12(2)19-17(21)13-8-10-14(11-9-13)26(23,24)20-18(22)15-6-4-5-7-16(15)25-3;1-2-21-17(20)16-13-18(22-19-16,14-9-5-3-6-10-14)15-11-7-4-8-12-15;1-20-16(19)15-12-17(21-18-15,13-8-4-2-5-9-13)14-10-6-3-7-11-14;18-15(19)14-11-16(20-17-14,12-7-3-1-4-8-12)13-9-5-2-6-10-13/h2-4,7-10,13H,5-6H2,1H3,(H,20,22)(H,21,23);2-7,10-11,13H,8-9H2,1H3,(H,19,21)(H,20,22);4-12H,1-3H3,(H,19,21)(H,20,22);3-12H,2,13H2,1H3;2-11H,12H2,1H3;1-10H,11H2,(H,18,19). The maximum absolute atomic E-state index is 12.5. The molecule has 37 heteroatoms. The number of carbonyl (C=O) groups excluding carboxylic acids is 8. The monoisotopic (exact) mass is 2000 g/mol. The Hall–Kier alpha value is -16.2. The van der Waals surface area contributed by atoms with Gasteiger partial charge in [-0.15, -0.1) is 0 Å². The second-order valence-corrected chi connectivity index (χ2v) is 37.8. The van der Waals surface area contributed by atoms with Gasteiger partial charge in [0.2, 0.25) is 0 Å². The van der Waals surface area contributed by atoms with Crippen molar-refractivity contribution in [1.29, 1.82) is 0 Å². The zero-order valence-electron chi connectivity index (χ0n) is 77.8. The zero-order chi connectivity index (χ0) is 102. The quantitative estimate of drug-likeness (QED) is 0.0224. The van der Waals surface area contributed by atoms with E-state index in [0.717, 1.165) is 59.1 Å². The Balaban J connectivity index is 0.000000153. The first-order valence-electron chi connectivity index (χ1n) is 44.3. The van der Waals surface area contributed by atoms with Crippen LogP contribution in [0.15, 0.2) is 352 Å². The van der Waals surface area contributed by atoms with Crippen molar-refractivity contribution in [2.24, 2.45) is 15.5 Å². The summed E-state index contributed by atoms with van der Waals surface area (Å²) in [4.78, 5) is 124. The molecule has 142 heavy (non-hydrogen) atoms. The van der Waals surface area contributed by atoms with Crippen LogP contribution in [0, 0.1) is 0 Å². The molecule has 2 aliphatic carbocycles. The van der Waals surface area contributed by atoms with Crippen LogP contribution in [-0.2, 0) is 85.2 Å². The second kappa shape index (κ2) is 47.9. The molecule has 0 bridgehead atoms. The number of methoxy groups -OCH3 is 4. The van der Waals surface area contributed by atoms with Gasteiger partial charge in [0.15, 0.2) is 33.9 Å². The molecular weight excluding hydrogens is 1900 g/mol. The average molecular weight is 2000 g/mol. The molecule has 3 heterocycles. The molecule has 12 aromatic rings. The smallest absolute Gasteiger partial charge is 0.356 e. The summed E-state index contributed by atoms with van der Waals surface area (Å²) in [6.07, 6.45) is 4.78. The van der Waals surface area contributed by atoms with Crippen LogP contribution in [0.5, 0.6) is 17.2 Å². The fourth-order valence-electron chi connectivity index (χ4n) is 14.6. The molecule has 3 aliphatic heterocycles. The lowest BCUT2D eigenvalue weighted by Gasteiger charge is -2.27. The molecular formula is C105H100ClN9O24S3. The van der Waals surface area contributed by atoms with Crippen molar-refractivity contribution in [1.82, 2.24) is 30.1 Å². The van der Waals surface area contributed by atoms with E-state index < -0.39 is 82.5 Å². The van der Waals surface area contributed by atoms with E-state index in [0.29, 0.717) is 47.6 Å². The highest BCUT2D eigenvalue weighted by molar-refractivity contribution is 7.90. The Kier molecular flexibility index (Phi) is 35.3. The maximum Gasteiger partial charge on any atom is 0.356 e. The number of oxime groups is 3. The van der Waals surface area contributed by atoms with E-state index in [1.165, 1.54) is 132 Å². The van der Waals surface area contributed by atoms with Crippen molar-refractivity contribution in [2.45, 2.75) is 115 Å². The second-order valence-electron chi connectivity index (χ2n) is 32.4. The molecule has 6 amide bonds. The van der Waals surface area contributed by atoms with Gasteiger partial charge < -0.3 is 59.3 Å². The maximum atomic E-state index is 12.5. The van der Waals surface area contributed by atoms with Crippen LogP contribution in [0.1, 0.15) is 161 Å². The number of nitrogens with one attached hydrogen (secondary N) is 6. The molecule has 0 radical (unpaired) electrons. The first-order chi connectivity index (χ1) is 68.2. The number of esters is 2. The number of carbonyl (C=O) groups is 9. The number of benzene rings is 12. The van der Waals surface area contributed by atoms with Gasteiger partial charge in [-0.25, -0.2) is 53.8 Å². The van der Waals surface area contributed by atoms with Crippen LogP contribution in [0.3, 0.4) is 0 Å². The van der Waals surface area contributed by atoms with Crippen LogP contribution >= 0.6 is 11.6 Å². The number of carboxylic acids is 1. The van der Waals surface area contributed by atoms with Crippen molar-refractivity contribution in [3.8, 4) is 17.2 Å². The average Bonchev–Trinajstić information content (AvgIpc) is 1.62. The van der Waals surface area contributed by atoms with Gasteiger partial charge in [-0.05, 0) is 162 Å². The minimum absolute atomic E-state index is 0.00555. The number of aliphatic carboxylic acids is 1. The summed E-state index contributed by atoms with van der Waals surface area (Å²) in [7, 11) is -6.80. The SMILES string of the molecule is CCOC(=O)C1=NOC(c2ccccc2)(c2ccccc2)C1.COC(=O)C1=NOC(c2ccccc2)(c2ccccc2)C1.COc1ccc(Cl)cc1C(=O)NS(=O)(=O)c1ccc(C(=O)NC2CC2)cc1.COc1ccccc1C(=O)NS(=O)(=O)c1ccc(C(=O)NC(C)C)cc1.COc1ccccc1C(=O)NS(=O)(=O)c1ccc(C(=O)NC2CC2)cc1.O=C(O)C1=NOC(c2ccccc2)(c2ccccc2)C1. The highest BCUT2D eigenvalue weighted by Gasteiger charge is 2.48. The number of amides is 6. The first-order valence-corrected chi connectivity index (χ1v) is 49.1. The molecule has 0 unspecified atom stereocenters. The summed E-state index contributed by atoms with van der Waals surface area (Å²) in [5.74, 6) is -4.45. The predicted molar refractivity (Wildman–Crippen MR) is 528 cm³/mol. The largest absolute Gasteiger partial charge is 0.496 e. The third kappa shape index (κ3) is 26.8. The molecule has 0 spiro atoms. The van der Waals surface area contributed by atoms with Crippen molar-refractivity contribution >= 4 is 112 Å². The summed E-state index contributed by atoms with van der Waals surface area (Å²) in [5, 5.41) is 29.5. The van der Waals surface area contributed by atoms with Gasteiger partial charge in [0.25, 0.3) is 65.5 Å². The Bertz CT molecular complexity index is 6710. The van der Waals surface area contributed by atoms with E-state index in [-0.39, 0.29) is 102 Å². The number of carboxylic acid groups (broad SMARTS) is 1. The van der Waals surface area contributed by atoms with E-state index >= 15 is 0 Å². The minimum Gasteiger partial charge on any atom is -0.496 e. The van der Waals surface area contributed by atoms with Crippen LogP contribution in [-0.4, -0.2) is 154 Å².